The van der Waals surface area contributed by atoms with Gasteiger partial charge in [0.25, 0.3) is 0 Å². The van der Waals surface area contributed by atoms with E-state index in [-0.39, 0.29) is 12.4 Å². The van der Waals surface area contributed by atoms with Gasteiger partial charge in [-0.25, -0.2) is 14.0 Å². The summed E-state index contributed by atoms with van der Waals surface area (Å²) in [7, 11) is 1.58. The third kappa shape index (κ3) is 4.64. The number of carboxylic acid groups (broad SMARTS) is 1. The van der Waals surface area contributed by atoms with Crippen LogP contribution in [0.25, 0.3) is 10.9 Å². The summed E-state index contributed by atoms with van der Waals surface area (Å²) in [6.45, 7) is 0.261. The van der Waals surface area contributed by atoms with Crippen molar-refractivity contribution in [1.82, 2.24) is 15.2 Å². The molecule has 0 radical (unpaired) electrons. The molecule has 1 aromatic heterocycles. The Balaban J connectivity index is 2.00. The first-order valence-corrected chi connectivity index (χ1v) is 8.80. The molecule has 0 spiro atoms. The van der Waals surface area contributed by atoms with Crippen LogP contribution >= 0.6 is 11.8 Å². The first-order chi connectivity index (χ1) is 11.4. The van der Waals surface area contributed by atoms with E-state index in [1.807, 2.05) is 6.26 Å². The van der Waals surface area contributed by atoms with Gasteiger partial charge in [0.2, 0.25) is 0 Å². The first kappa shape index (κ1) is 18.1. The van der Waals surface area contributed by atoms with Gasteiger partial charge in [0.1, 0.15) is 11.9 Å². The number of halogens is 1. The average molecular weight is 353 g/mol. The van der Waals surface area contributed by atoms with E-state index in [4.69, 9.17) is 5.11 Å². The zero-order chi connectivity index (χ0) is 17.7. The van der Waals surface area contributed by atoms with Crippen molar-refractivity contribution in [2.75, 3.05) is 19.1 Å². The first-order valence-electron chi connectivity index (χ1n) is 7.41. The minimum absolute atomic E-state index is 0.261. The highest BCUT2D eigenvalue weighted by Crippen LogP contribution is 2.17. The van der Waals surface area contributed by atoms with E-state index < -0.39 is 18.0 Å². The highest BCUT2D eigenvalue weighted by Gasteiger charge is 2.21. The van der Waals surface area contributed by atoms with Gasteiger partial charge in [-0.1, -0.05) is 0 Å². The van der Waals surface area contributed by atoms with Gasteiger partial charge < -0.3 is 20.3 Å². The Kier molecular flexibility index (Phi) is 6.08. The molecule has 130 valence electrons. The number of carbonyl (C=O) groups excluding carboxylic acids is 1. The maximum absolute atomic E-state index is 13.2. The molecule has 8 heteroatoms. The summed E-state index contributed by atoms with van der Waals surface area (Å²) in [5.74, 6) is -0.724. The zero-order valence-electron chi connectivity index (χ0n) is 13.5. The molecule has 3 N–H and O–H groups in total. The number of nitrogens with one attached hydrogen (secondary N) is 2. The van der Waals surface area contributed by atoms with Crippen LogP contribution in [0.1, 0.15) is 12.1 Å². The average Bonchev–Trinajstić information content (AvgIpc) is 2.91. The monoisotopic (exact) mass is 353 g/mol. The van der Waals surface area contributed by atoms with Crippen molar-refractivity contribution in [2.24, 2.45) is 0 Å². The Hall–Kier alpha value is -2.22. The molecule has 2 aromatic rings. The number of benzene rings is 1. The van der Waals surface area contributed by atoms with Crippen LogP contribution in [0.3, 0.4) is 0 Å². The van der Waals surface area contributed by atoms with Gasteiger partial charge in [-0.05, 0) is 42.7 Å². The van der Waals surface area contributed by atoms with E-state index in [9.17, 15) is 14.0 Å². The van der Waals surface area contributed by atoms with Crippen molar-refractivity contribution in [3.63, 3.8) is 0 Å². The third-order valence-corrected chi connectivity index (χ3v) is 4.24. The lowest BCUT2D eigenvalue weighted by Gasteiger charge is -2.20. The molecule has 0 bridgehead atoms. The molecular weight excluding hydrogens is 333 g/mol. The summed E-state index contributed by atoms with van der Waals surface area (Å²) in [6.07, 6.45) is 2.24. The van der Waals surface area contributed by atoms with Crippen molar-refractivity contribution in [3.05, 3.63) is 35.8 Å². The Morgan fingerprint density at radius 1 is 1.42 bits per heavy atom. The van der Waals surface area contributed by atoms with Gasteiger partial charge in [0.15, 0.2) is 0 Å². The Morgan fingerprint density at radius 3 is 2.83 bits per heavy atom. The van der Waals surface area contributed by atoms with Crippen LogP contribution in [-0.2, 0) is 11.3 Å². The number of urea groups is 1. The third-order valence-electron chi connectivity index (χ3n) is 3.60. The smallest absolute Gasteiger partial charge is 0.326 e. The number of aromatic amines is 1. The van der Waals surface area contributed by atoms with Crippen LogP contribution in [-0.4, -0.2) is 52.1 Å². The number of aromatic nitrogens is 1. The van der Waals surface area contributed by atoms with Gasteiger partial charge in [-0.3, -0.25) is 0 Å². The molecule has 1 aromatic carbocycles. The molecule has 1 unspecified atom stereocenters. The molecule has 0 fully saturated rings. The molecule has 2 amide bonds. The second-order valence-electron chi connectivity index (χ2n) is 5.50. The normalized spacial score (nSPS) is 12.1. The lowest BCUT2D eigenvalue weighted by Crippen LogP contribution is -2.46. The maximum atomic E-state index is 13.2. The molecule has 0 aliphatic rings. The number of aliphatic carboxylic acids is 1. The van der Waals surface area contributed by atoms with Gasteiger partial charge in [-0.15, -0.1) is 0 Å². The van der Waals surface area contributed by atoms with E-state index in [2.05, 4.69) is 10.3 Å². The molecule has 1 atom stereocenters. The van der Waals surface area contributed by atoms with Gasteiger partial charge >= 0.3 is 12.0 Å². The van der Waals surface area contributed by atoms with Crippen LogP contribution in [0.4, 0.5) is 9.18 Å². The van der Waals surface area contributed by atoms with Gasteiger partial charge in [0, 0.05) is 23.6 Å². The largest absolute Gasteiger partial charge is 0.480 e. The molecule has 0 aliphatic heterocycles. The second kappa shape index (κ2) is 8.05. The molecule has 24 heavy (non-hydrogen) atoms. The number of fused-ring (bicyclic) bond motifs is 1. The fourth-order valence-corrected chi connectivity index (χ4v) is 2.80. The minimum Gasteiger partial charge on any atom is -0.480 e. The van der Waals surface area contributed by atoms with Crippen LogP contribution in [0.2, 0.25) is 0 Å². The molecule has 0 aliphatic carbocycles. The number of H-pyrrole nitrogens is 1. The molecular formula is C16H20FN3O3S. The fraction of sp³-hybridized carbons (Fsp3) is 0.375. The van der Waals surface area contributed by atoms with Crippen molar-refractivity contribution >= 4 is 34.7 Å². The number of nitrogens with zero attached hydrogens (tertiary/aromatic N) is 1. The van der Waals surface area contributed by atoms with Gasteiger partial charge in [0.05, 0.1) is 6.54 Å². The highest BCUT2D eigenvalue weighted by atomic mass is 32.2. The number of thioether (sulfide) groups is 1. The predicted octanol–water partition coefficient (Wildman–Crippen LogP) is 2.65. The van der Waals surface area contributed by atoms with E-state index in [0.29, 0.717) is 12.2 Å². The standard InChI is InChI=1S/C16H20FN3O3S/c1-20(16(23)19-14(15(21)22)5-6-24-2)9-12-8-10-7-11(17)3-4-13(10)18-12/h3-4,7-8,14,18H,5-6,9H2,1-2H3,(H,19,23)(H,21,22). The van der Waals surface area contributed by atoms with E-state index in [1.165, 1.54) is 28.8 Å². The summed E-state index contributed by atoms with van der Waals surface area (Å²) in [5, 5.41) is 12.4. The summed E-state index contributed by atoms with van der Waals surface area (Å²) in [5.41, 5.74) is 1.52. The predicted molar refractivity (Wildman–Crippen MR) is 92.7 cm³/mol. The van der Waals surface area contributed by atoms with Crippen molar-refractivity contribution in [1.29, 1.82) is 0 Å². The number of hydrogen-bond donors (Lipinski definition) is 3. The fourth-order valence-electron chi connectivity index (χ4n) is 2.33. The Labute approximate surface area is 143 Å². The highest BCUT2D eigenvalue weighted by molar-refractivity contribution is 7.98. The minimum atomic E-state index is -1.05. The SMILES string of the molecule is CSCCC(NC(=O)N(C)Cc1cc2cc(F)ccc2[nH]1)C(=O)O. The Morgan fingerprint density at radius 2 is 2.17 bits per heavy atom. The van der Waals surface area contributed by atoms with Crippen LogP contribution in [0.5, 0.6) is 0 Å². The van der Waals surface area contributed by atoms with Crippen molar-refractivity contribution in [2.45, 2.75) is 19.0 Å². The van der Waals surface area contributed by atoms with E-state index in [1.54, 1.807) is 19.2 Å². The van der Waals surface area contributed by atoms with Crippen LogP contribution in [0.15, 0.2) is 24.3 Å². The lowest BCUT2D eigenvalue weighted by atomic mass is 10.2. The summed E-state index contributed by atoms with van der Waals surface area (Å²) < 4.78 is 13.2. The zero-order valence-corrected chi connectivity index (χ0v) is 14.3. The second-order valence-corrected chi connectivity index (χ2v) is 6.49. The van der Waals surface area contributed by atoms with Crippen LogP contribution < -0.4 is 5.32 Å². The molecule has 0 saturated carbocycles. The van der Waals surface area contributed by atoms with E-state index >= 15 is 0 Å². The van der Waals surface area contributed by atoms with Gasteiger partial charge in [-0.2, -0.15) is 11.8 Å². The molecule has 6 nitrogen and oxygen atoms in total. The van der Waals surface area contributed by atoms with Crippen molar-refractivity contribution < 1.29 is 19.1 Å². The molecule has 2 rings (SSSR count). The quantitative estimate of drug-likeness (QED) is 0.714. The van der Waals surface area contributed by atoms with E-state index in [0.717, 1.165) is 16.6 Å². The molecule has 0 saturated heterocycles. The number of amides is 2. The molecule has 1 heterocycles. The summed E-state index contributed by atoms with van der Waals surface area (Å²) in [4.78, 5) is 27.8. The summed E-state index contributed by atoms with van der Waals surface area (Å²) in [6, 6.07) is 4.81. The summed E-state index contributed by atoms with van der Waals surface area (Å²) >= 11 is 1.53. The number of carboxylic acids is 1. The number of carbonyl (C=O) groups is 2. The maximum Gasteiger partial charge on any atom is 0.326 e. The number of hydrogen-bond acceptors (Lipinski definition) is 3. The lowest BCUT2D eigenvalue weighted by molar-refractivity contribution is -0.139. The van der Waals surface area contributed by atoms with Crippen molar-refractivity contribution in [3.8, 4) is 0 Å². The van der Waals surface area contributed by atoms with Crippen LogP contribution in [0, 0.1) is 5.82 Å². The number of rotatable bonds is 7. The topological polar surface area (TPSA) is 85.4 Å². The Bertz CT molecular complexity index is 734.